The van der Waals surface area contributed by atoms with Crippen LogP contribution < -0.4 is 23.0 Å². The molecule has 0 aliphatic heterocycles. The Kier molecular flexibility index (Phi) is 6.40. The topological polar surface area (TPSA) is 158 Å². The Morgan fingerprint density at radius 2 is 1.71 bits per heavy atom. The molecule has 0 saturated heterocycles. The monoisotopic (exact) mass is 492 g/mol. The number of carbonyl (C=O) groups excluding carboxylic acids is 5. The number of likely N-dealkylation sites (N-methyl/N-ethyl adjacent to an activating group) is 1. The second-order valence-electron chi connectivity index (χ2n) is 9.64. The number of hydrogen-bond acceptors (Lipinski definition) is 9. The van der Waals surface area contributed by atoms with Crippen molar-refractivity contribution < 1.29 is 46.6 Å². The Labute approximate surface area is 202 Å². The van der Waals surface area contributed by atoms with Gasteiger partial charge >= 0.3 is 0 Å². The fourth-order valence-corrected chi connectivity index (χ4v) is 6.01. The average molecular weight is 493 g/mol. The molecule has 4 rings (SSSR count). The number of aromatic hydroxyl groups is 1. The smallest absolute Gasteiger partial charge is 0.235 e. The molecule has 34 heavy (non-hydrogen) atoms. The summed E-state index contributed by atoms with van der Waals surface area (Å²) in [6, 6.07) is 1.94. The van der Waals surface area contributed by atoms with Crippen molar-refractivity contribution in [1.29, 1.82) is 0 Å². The minimum atomic E-state index is -2.70. The number of benzene rings is 1. The molecule has 0 bridgehead atoms. The van der Waals surface area contributed by atoms with E-state index in [4.69, 9.17) is 5.73 Å². The summed E-state index contributed by atoms with van der Waals surface area (Å²) in [4.78, 5) is 68.6. The van der Waals surface area contributed by atoms with Gasteiger partial charge in [-0.05, 0) is 50.6 Å². The van der Waals surface area contributed by atoms with E-state index in [2.05, 4.69) is 0 Å². The molecule has 6 atom stereocenters. The Hall–Kier alpha value is -2.82. The summed E-state index contributed by atoms with van der Waals surface area (Å²) in [6.07, 6.45) is 0.278. The molecule has 4 N–H and O–H groups in total. The Balaban J connectivity index is 0.00000324. The zero-order chi connectivity index (χ0) is 24.6. The lowest BCUT2D eigenvalue weighted by atomic mass is 9.52. The Bertz CT molecular complexity index is 1120. The highest BCUT2D eigenvalue weighted by atomic mass is 35.5. The molecule has 0 aromatic heterocycles. The van der Waals surface area contributed by atoms with Crippen LogP contribution in [-0.4, -0.2) is 84.0 Å². The number of carbonyl (C=O) groups is 5. The lowest BCUT2D eigenvalue weighted by Crippen LogP contribution is -3.00. The van der Waals surface area contributed by atoms with Crippen molar-refractivity contribution in [1.82, 2.24) is 4.90 Å². The van der Waals surface area contributed by atoms with Gasteiger partial charge in [-0.1, -0.05) is 0 Å². The standard InChI is InChI=1S/C23H27N3O7.ClH/c1-25(2)12-5-6-13(27)15-10(12)7-9-8-11-17(26(3)4)19(29)16(22(24)32)21(31)23(11,33)20(30)14(9)18(15)28;/h5-6,9,11,14,16-17,27,33H,7-8H2,1-4H3,(H2,24,32);1H/p-1/t9?,11?,14?,16?,17-,23-;/m1./s1. The second kappa shape index (κ2) is 8.44. The lowest BCUT2D eigenvalue weighted by Gasteiger charge is -2.52. The average Bonchev–Trinajstić information content (AvgIpc) is 2.70. The maximum Gasteiger partial charge on any atom is 0.235 e. The number of hydrogen-bond donors (Lipinski definition) is 3. The van der Waals surface area contributed by atoms with Gasteiger partial charge in [-0.3, -0.25) is 28.9 Å². The van der Waals surface area contributed by atoms with Gasteiger partial charge in [0.15, 0.2) is 34.7 Å². The van der Waals surface area contributed by atoms with E-state index in [1.807, 2.05) is 0 Å². The van der Waals surface area contributed by atoms with Crippen LogP contribution in [0.3, 0.4) is 0 Å². The number of amides is 1. The molecule has 2 saturated carbocycles. The van der Waals surface area contributed by atoms with Crippen molar-refractivity contribution >= 4 is 34.7 Å². The second-order valence-corrected chi connectivity index (χ2v) is 9.64. The third-order valence-corrected chi connectivity index (χ3v) is 7.40. The van der Waals surface area contributed by atoms with E-state index >= 15 is 0 Å². The molecule has 10 nitrogen and oxygen atoms in total. The van der Waals surface area contributed by atoms with E-state index in [-0.39, 0.29) is 36.6 Å². The number of primary amides is 1. The number of nitrogens with zero attached hydrogens (tertiary/aromatic N) is 2. The number of nitrogens with two attached hydrogens (primary N) is 1. The van der Waals surface area contributed by atoms with Crippen LogP contribution in [-0.2, 0) is 25.6 Å². The molecule has 2 fully saturated rings. The van der Waals surface area contributed by atoms with E-state index in [0.717, 1.165) is 0 Å². The Morgan fingerprint density at radius 1 is 1.09 bits per heavy atom. The van der Waals surface area contributed by atoms with E-state index < -0.39 is 64.4 Å². The first-order chi connectivity index (χ1) is 15.3. The van der Waals surface area contributed by atoms with Crippen LogP contribution in [0.2, 0.25) is 0 Å². The van der Waals surface area contributed by atoms with Gasteiger partial charge in [0.25, 0.3) is 0 Å². The van der Waals surface area contributed by atoms with Crippen molar-refractivity contribution in [3.05, 3.63) is 23.3 Å². The number of phenolic OH excluding ortho intramolecular Hbond substituents is 1. The summed E-state index contributed by atoms with van der Waals surface area (Å²) < 4.78 is 0. The largest absolute Gasteiger partial charge is 1.00 e. The van der Waals surface area contributed by atoms with Crippen molar-refractivity contribution in [3.63, 3.8) is 0 Å². The van der Waals surface area contributed by atoms with E-state index in [0.29, 0.717) is 11.3 Å². The van der Waals surface area contributed by atoms with Crippen molar-refractivity contribution in [3.8, 4) is 5.75 Å². The molecule has 3 aliphatic carbocycles. The highest BCUT2D eigenvalue weighted by molar-refractivity contribution is 6.32. The molecule has 0 spiro atoms. The number of phenols is 1. The molecule has 1 aromatic carbocycles. The molecule has 0 radical (unpaired) electrons. The van der Waals surface area contributed by atoms with Crippen molar-refractivity contribution in [2.75, 3.05) is 33.1 Å². The van der Waals surface area contributed by atoms with Crippen LogP contribution in [0.1, 0.15) is 22.3 Å². The molecule has 184 valence electrons. The molecular formula is C23H27ClN3O7-. The van der Waals surface area contributed by atoms with Crippen LogP contribution in [0.15, 0.2) is 12.1 Å². The predicted octanol–water partition coefficient (Wildman–Crippen LogP) is -4.06. The third-order valence-electron chi connectivity index (χ3n) is 7.40. The first-order valence-electron chi connectivity index (χ1n) is 10.7. The highest BCUT2D eigenvalue weighted by Crippen LogP contribution is 2.51. The molecule has 1 amide bonds. The minimum absolute atomic E-state index is 0. The van der Waals surface area contributed by atoms with Gasteiger partial charge in [-0.2, -0.15) is 0 Å². The normalized spacial score (nSPS) is 32.5. The maximum absolute atomic E-state index is 13.7. The van der Waals surface area contributed by atoms with Crippen LogP contribution in [0, 0.1) is 23.7 Å². The zero-order valence-electron chi connectivity index (χ0n) is 19.2. The number of aliphatic hydroxyl groups is 1. The highest BCUT2D eigenvalue weighted by Gasteiger charge is 2.69. The molecule has 1 aromatic rings. The van der Waals surface area contributed by atoms with Crippen molar-refractivity contribution in [2.24, 2.45) is 29.4 Å². The zero-order valence-corrected chi connectivity index (χ0v) is 20.0. The summed E-state index contributed by atoms with van der Waals surface area (Å²) in [5, 5.41) is 21.9. The summed E-state index contributed by atoms with van der Waals surface area (Å²) in [5.41, 5.74) is 3.87. The van der Waals surface area contributed by atoms with Gasteiger partial charge in [-0.25, -0.2) is 0 Å². The van der Waals surface area contributed by atoms with Crippen molar-refractivity contribution in [2.45, 2.75) is 24.5 Å². The first kappa shape index (κ1) is 25.8. The lowest BCUT2D eigenvalue weighted by molar-refractivity contribution is -0.181. The fraction of sp³-hybridized carbons (Fsp3) is 0.522. The number of anilines is 1. The third kappa shape index (κ3) is 3.27. The number of Topliss-reactive ketones (excluding diaryl/α,β-unsaturated/α-hetero) is 4. The molecule has 11 heteroatoms. The fourth-order valence-electron chi connectivity index (χ4n) is 6.01. The van der Waals surface area contributed by atoms with Crippen LogP contribution in [0.5, 0.6) is 5.75 Å². The summed E-state index contributed by atoms with van der Waals surface area (Å²) in [6.45, 7) is 0. The molecule has 3 aliphatic rings. The van der Waals surface area contributed by atoms with Gasteiger partial charge in [0.2, 0.25) is 5.91 Å². The van der Waals surface area contributed by atoms with Crippen LogP contribution >= 0.6 is 0 Å². The number of fused-ring (bicyclic) bond motifs is 3. The quantitative estimate of drug-likeness (QED) is 0.357. The van der Waals surface area contributed by atoms with Gasteiger partial charge < -0.3 is 33.3 Å². The Morgan fingerprint density at radius 3 is 2.24 bits per heavy atom. The SMILES string of the molecule is CN(C)c1ccc(O)c2c1CC1CC3[C@@H](N(C)C)C(=O)C(C(N)=O)C(=O)[C@]3(O)C(=O)C1C2=O.[Cl-]. The number of halogens is 1. The van der Waals surface area contributed by atoms with E-state index in [9.17, 15) is 34.2 Å². The van der Waals surface area contributed by atoms with Crippen LogP contribution in [0.4, 0.5) is 5.69 Å². The number of ketones is 4. The first-order valence-corrected chi connectivity index (χ1v) is 10.7. The van der Waals surface area contributed by atoms with Gasteiger partial charge in [0.05, 0.1) is 17.5 Å². The minimum Gasteiger partial charge on any atom is -1.00 e. The number of rotatable bonds is 3. The van der Waals surface area contributed by atoms with E-state index in [1.54, 1.807) is 39.2 Å². The van der Waals surface area contributed by atoms with Gasteiger partial charge in [-0.15, -0.1) is 0 Å². The summed E-state index contributed by atoms with van der Waals surface area (Å²) >= 11 is 0. The van der Waals surface area contributed by atoms with E-state index in [1.165, 1.54) is 11.0 Å². The summed E-state index contributed by atoms with van der Waals surface area (Å²) in [7, 11) is 6.69. The summed E-state index contributed by atoms with van der Waals surface area (Å²) in [5.74, 6) is -10.3. The maximum atomic E-state index is 13.7. The molecular weight excluding hydrogens is 466 g/mol. The molecule has 4 unspecified atom stereocenters. The van der Waals surface area contributed by atoms with Gasteiger partial charge in [0, 0.05) is 25.7 Å². The predicted molar refractivity (Wildman–Crippen MR) is 116 cm³/mol. The van der Waals surface area contributed by atoms with Gasteiger partial charge in [0.1, 0.15) is 5.75 Å². The molecule has 0 heterocycles. The van der Waals surface area contributed by atoms with Crippen LogP contribution in [0.25, 0.3) is 0 Å².